The summed E-state index contributed by atoms with van der Waals surface area (Å²) in [5, 5.41) is 3.68. The van der Waals surface area contributed by atoms with Crippen LogP contribution in [0.4, 0.5) is 0 Å². The minimum absolute atomic E-state index is 0.213. The predicted molar refractivity (Wildman–Crippen MR) is 141 cm³/mol. The largest absolute Gasteiger partial charge is 0.493 e. The minimum atomic E-state index is -0.308. The van der Waals surface area contributed by atoms with Gasteiger partial charge < -0.3 is 24.1 Å². The molecule has 4 rings (SSSR count). The molecule has 1 unspecified atom stereocenters. The van der Waals surface area contributed by atoms with Crippen molar-refractivity contribution in [2.24, 2.45) is 0 Å². The summed E-state index contributed by atoms with van der Waals surface area (Å²) >= 11 is 6.17. The molecule has 188 valence electrons. The van der Waals surface area contributed by atoms with Crippen LogP contribution in [0.3, 0.4) is 0 Å². The lowest BCUT2D eigenvalue weighted by Gasteiger charge is -2.17. The van der Waals surface area contributed by atoms with E-state index in [2.05, 4.69) is 16.0 Å². The van der Waals surface area contributed by atoms with Crippen LogP contribution in [0.15, 0.2) is 66.7 Å². The molecule has 0 aliphatic rings. The second-order valence-corrected chi connectivity index (χ2v) is 8.77. The maximum atomic E-state index is 13.0. The Kier molecular flexibility index (Phi) is 8.33. The SMILES string of the molecule is COc1ccc(C(=O)NC(C)c2nc3ccccc3n2CCCCOc2ccccc2Cl)cc1OC. The number of nitrogens with zero attached hydrogens (tertiary/aromatic N) is 2. The first-order chi connectivity index (χ1) is 17.5. The van der Waals surface area contributed by atoms with Crippen molar-refractivity contribution in [1.29, 1.82) is 0 Å². The van der Waals surface area contributed by atoms with Crippen LogP contribution in [0, 0.1) is 0 Å². The molecule has 7 nitrogen and oxygen atoms in total. The molecule has 0 saturated heterocycles. The van der Waals surface area contributed by atoms with Crippen LogP contribution in [0.2, 0.25) is 5.02 Å². The van der Waals surface area contributed by atoms with Gasteiger partial charge in [-0.25, -0.2) is 4.98 Å². The molecular formula is C28H30ClN3O4. The summed E-state index contributed by atoms with van der Waals surface area (Å²) in [6.07, 6.45) is 1.73. The summed E-state index contributed by atoms with van der Waals surface area (Å²) in [5.41, 5.74) is 2.41. The topological polar surface area (TPSA) is 74.6 Å². The van der Waals surface area contributed by atoms with E-state index in [1.807, 2.05) is 49.4 Å². The van der Waals surface area contributed by atoms with E-state index in [-0.39, 0.29) is 11.9 Å². The number of unbranched alkanes of at least 4 members (excludes halogenated alkanes) is 1. The van der Waals surface area contributed by atoms with Gasteiger partial charge in [-0.3, -0.25) is 4.79 Å². The fraction of sp³-hybridized carbons (Fsp3) is 0.286. The molecule has 0 spiro atoms. The first kappa shape index (κ1) is 25.4. The Hall–Kier alpha value is -3.71. The zero-order valence-corrected chi connectivity index (χ0v) is 21.4. The highest BCUT2D eigenvalue weighted by atomic mass is 35.5. The quantitative estimate of drug-likeness (QED) is 0.250. The van der Waals surface area contributed by atoms with Gasteiger partial charge in [0, 0.05) is 12.1 Å². The van der Waals surface area contributed by atoms with Gasteiger partial charge in [-0.1, -0.05) is 35.9 Å². The molecule has 0 fully saturated rings. The molecule has 4 aromatic rings. The molecule has 36 heavy (non-hydrogen) atoms. The van der Waals surface area contributed by atoms with Gasteiger partial charge in [0.2, 0.25) is 0 Å². The second-order valence-electron chi connectivity index (χ2n) is 8.36. The maximum Gasteiger partial charge on any atom is 0.251 e. The number of rotatable bonds is 11. The highest BCUT2D eigenvalue weighted by molar-refractivity contribution is 6.32. The summed E-state index contributed by atoms with van der Waals surface area (Å²) in [6.45, 7) is 3.26. The van der Waals surface area contributed by atoms with Gasteiger partial charge in [-0.15, -0.1) is 0 Å². The van der Waals surface area contributed by atoms with Crippen LogP contribution in [-0.4, -0.2) is 36.3 Å². The number of halogens is 1. The molecule has 3 aromatic carbocycles. The average Bonchev–Trinajstić information content (AvgIpc) is 3.27. The zero-order valence-electron chi connectivity index (χ0n) is 20.7. The van der Waals surface area contributed by atoms with Crippen LogP contribution >= 0.6 is 11.6 Å². The standard InChI is InChI=1S/C28H30ClN3O4/c1-19(30-28(33)20-14-15-25(34-2)26(18-20)35-3)27-31-22-11-5-6-12-23(22)32(27)16-8-9-17-36-24-13-7-4-10-21(24)29/h4-7,10-15,18-19H,8-9,16-17H2,1-3H3,(H,30,33). The molecule has 1 aromatic heterocycles. The normalized spacial score (nSPS) is 11.8. The lowest BCUT2D eigenvalue weighted by molar-refractivity contribution is 0.0937. The molecule has 8 heteroatoms. The molecule has 1 atom stereocenters. The number of fused-ring (bicyclic) bond motifs is 1. The maximum absolute atomic E-state index is 13.0. The van der Waals surface area contributed by atoms with Crippen molar-refractivity contribution in [2.75, 3.05) is 20.8 Å². The number of carbonyl (C=O) groups excluding carboxylic acids is 1. The van der Waals surface area contributed by atoms with Crippen molar-refractivity contribution in [3.63, 3.8) is 0 Å². The van der Waals surface area contributed by atoms with E-state index in [0.717, 1.165) is 36.2 Å². The van der Waals surface area contributed by atoms with Crippen molar-refractivity contribution in [1.82, 2.24) is 14.9 Å². The van der Waals surface area contributed by atoms with Gasteiger partial charge in [0.1, 0.15) is 11.6 Å². The fourth-order valence-electron chi connectivity index (χ4n) is 4.10. The molecule has 1 N–H and O–H groups in total. The van der Waals surface area contributed by atoms with Crippen LogP contribution in [0.1, 0.15) is 42.0 Å². The first-order valence-corrected chi connectivity index (χ1v) is 12.2. The lowest BCUT2D eigenvalue weighted by Crippen LogP contribution is -2.28. The van der Waals surface area contributed by atoms with E-state index in [9.17, 15) is 4.79 Å². The molecule has 1 heterocycles. The third-order valence-electron chi connectivity index (χ3n) is 5.93. The Labute approximate surface area is 216 Å². The average molecular weight is 508 g/mol. The highest BCUT2D eigenvalue weighted by Crippen LogP contribution is 2.28. The summed E-state index contributed by atoms with van der Waals surface area (Å²) in [5.74, 6) is 2.36. The number of aromatic nitrogens is 2. The Balaban J connectivity index is 1.45. The summed E-state index contributed by atoms with van der Waals surface area (Å²) in [6, 6.07) is 20.3. The van der Waals surface area contributed by atoms with Crippen LogP contribution in [-0.2, 0) is 6.54 Å². The number of hydrogen-bond donors (Lipinski definition) is 1. The number of para-hydroxylation sites is 3. The second kappa shape index (κ2) is 11.8. The van der Waals surface area contributed by atoms with E-state index in [1.165, 1.54) is 0 Å². The van der Waals surface area contributed by atoms with E-state index < -0.39 is 0 Å². The summed E-state index contributed by atoms with van der Waals surface area (Å²) < 4.78 is 18.6. The number of methoxy groups -OCH3 is 2. The van der Waals surface area contributed by atoms with Crippen molar-refractivity contribution >= 4 is 28.5 Å². The predicted octanol–water partition coefficient (Wildman–Crippen LogP) is 6.06. The molecule has 0 radical (unpaired) electrons. The van der Waals surface area contributed by atoms with Crippen molar-refractivity contribution in [3.05, 3.63) is 83.1 Å². The zero-order chi connectivity index (χ0) is 25.5. The number of carbonyl (C=O) groups is 1. The van der Waals surface area contributed by atoms with Crippen molar-refractivity contribution in [3.8, 4) is 17.2 Å². The van der Waals surface area contributed by atoms with Crippen molar-refractivity contribution < 1.29 is 19.0 Å². The summed E-state index contributed by atoms with van der Waals surface area (Å²) in [4.78, 5) is 17.8. The Morgan fingerprint density at radius 2 is 1.72 bits per heavy atom. The van der Waals surface area contributed by atoms with Crippen LogP contribution in [0.25, 0.3) is 11.0 Å². The highest BCUT2D eigenvalue weighted by Gasteiger charge is 2.20. The molecule has 0 saturated carbocycles. The lowest BCUT2D eigenvalue weighted by atomic mass is 10.1. The summed E-state index contributed by atoms with van der Waals surface area (Å²) in [7, 11) is 3.11. The van der Waals surface area contributed by atoms with Gasteiger partial charge in [-0.05, 0) is 62.2 Å². The Bertz CT molecular complexity index is 1340. The molecule has 0 aliphatic carbocycles. The molecule has 0 aliphatic heterocycles. The van der Waals surface area contributed by atoms with E-state index >= 15 is 0 Å². The number of nitrogens with one attached hydrogen (secondary N) is 1. The number of ether oxygens (including phenoxy) is 3. The first-order valence-electron chi connectivity index (χ1n) is 11.9. The van der Waals surface area contributed by atoms with Crippen LogP contribution in [0.5, 0.6) is 17.2 Å². The third-order valence-corrected chi connectivity index (χ3v) is 6.25. The Morgan fingerprint density at radius 1 is 0.972 bits per heavy atom. The van der Waals surface area contributed by atoms with Gasteiger partial charge in [0.05, 0.1) is 42.9 Å². The van der Waals surface area contributed by atoms with E-state index in [4.69, 9.17) is 30.8 Å². The van der Waals surface area contributed by atoms with Crippen LogP contribution < -0.4 is 19.5 Å². The van der Waals surface area contributed by atoms with E-state index in [0.29, 0.717) is 34.4 Å². The van der Waals surface area contributed by atoms with Gasteiger partial charge >= 0.3 is 0 Å². The minimum Gasteiger partial charge on any atom is -0.493 e. The number of imidazole rings is 1. The third kappa shape index (κ3) is 5.74. The number of hydrogen-bond acceptors (Lipinski definition) is 5. The number of benzene rings is 3. The van der Waals surface area contributed by atoms with Gasteiger partial charge in [0.25, 0.3) is 5.91 Å². The number of amides is 1. The molecular weight excluding hydrogens is 478 g/mol. The molecule has 0 bridgehead atoms. The van der Waals surface area contributed by atoms with Gasteiger partial charge in [-0.2, -0.15) is 0 Å². The van der Waals surface area contributed by atoms with Crippen molar-refractivity contribution in [2.45, 2.75) is 32.4 Å². The monoisotopic (exact) mass is 507 g/mol. The fourth-order valence-corrected chi connectivity index (χ4v) is 4.29. The van der Waals surface area contributed by atoms with E-state index in [1.54, 1.807) is 32.4 Å². The Morgan fingerprint density at radius 3 is 2.50 bits per heavy atom. The molecule has 1 amide bonds. The van der Waals surface area contributed by atoms with Gasteiger partial charge in [0.15, 0.2) is 11.5 Å². The number of aryl methyl sites for hydroxylation is 1. The smallest absolute Gasteiger partial charge is 0.251 e.